The molecule has 0 saturated carbocycles. The fraction of sp³-hybridized carbons (Fsp3) is 1.00. The minimum absolute atomic E-state index is 0.820. The second-order valence-electron chi connectivity index (χ2n) is 6.48. The first-order valence-electron chi connectivity index (χ1n) is 8.44. The van der Waals surface area contributed by atoms with E-state index in [0.717, 1.165) is 6.04 Å². The van der Waals surface area contributed by atoms with Crippen LogP contribution in [0.25, 0.3) is 0 Å². The van der Waals surface area contributed by atoms with Crippen LogP contribution in [0.2, 0.25) is 0 Å². The Morgan fingerprint density at radius 1 is 0.895 bits per heavy atom. The first-order chi connectivity index (χ1) is 9.29. The van der Waals surface area contributed by atoms with Crippen molar-refractivity contribution < 1.29 is 0 Å². The Balaban J connectivity index is 1.62. The number of unbranched alkanes of at least 4 members (excludes halogenated alkanes) is 2. The molecule has 0 aromatic carbocycles. The number of hydrogen-bond donors (Lipinski definition) is 0. The zero-order chi connectivity index (χ0) is 13.5. The highest BCUT2D eigenvalue weighted by atomic mass is 15.3. The largest absolute Gasteiger partial charge is 0.302 e. The quantitative estimate of drug-likeness (QED) is 0.684. The first kappa shape index (κ1) is 15.3. The lowest BCUT2D eigenvalue weighted by Gasteiger charge is -2.40. The van der Waals surface area contributed by atoms with Crippen LogP contribution in [0.1, 0.15) is 45.4 Å². The Kier molecular flexibility index (Phi) is 6.62. The van der Waals surface area contributed by atoms with E-state index in [-0.39, 0.29) is 0 Å². The standard InChI is InChI=1S/C16H33N3/c1-3-4-6-10-18-11-13-19(14-12-18)15-16-8-5-7-9-17(16)2/h16H,3-15H2,1-2H3. The maximum atomic E-state index is 2.70. The average molecular weight is 267 g/mol. The van der Waals surface area contributed by atoms with Crippen molar-refractivity contribution in [1.82, 2.24) is 14.7 Å². The fourth-order valence-electron chi connectivity index (χ4n) is 3.45. The van der Waals surface area contributed by atoms with Crippen LogP contribution >= 0.6 is 0 Å². The maximum Gasteiger partial charge on any atom is 0.0220 e. The zero-order valence-electron chi connectivity index (χ0n) is 13.1. The van der Waals surface area contributed by atoms with Gasteiger partial charge in [0.1, 0.15) is 0 Å². The molecular weight excluding hydrogens is 234 g/mol. The van der Waals surface area contributed by atoms with Crippen molar-refractivity contribution in [3.8, 4) is 0 Å². The summed E-state index contributed by atoms with van der Waals surface area (Å²) >= 11 is 0. The molecule has 2 saturated heterocycles. The van der Waals surface area contributed by atoms with E-state index in [1.54, 1.807) is 0 Å². The average Bonchev–Trinajstić information content (AvgIpc) is 2.44. The van der Waals surface area contributed by atoms with E-state index in [0.29, 0.717) is 0 Å². The van der Waals surface area contributed by atoms with Crippen molar-refractivity contribution in [3.05, 3.63) is 0 Å². The predicted molar refractivity (Wildman–Crippen MR) is 82.7 cm³/mol. The summed E-state index contributed by atoms with van der Waals surface area (Å²) in [6, 6.07) is 0.820. The van der Waals surface area contributed by atoms with E-state index in [1.807, 2.05) is 0 Å². The second-order valence-corrected chi connectivity index (χ2v) is 6.48. The minimum Gasteiger partial charge on any atom is -0.302 e. The third-order valence-corrected chi connectivity index (χ3v) is 4.93. The van der Waals surface area contributed by atoms with E-state index in [2.05, 4.69) is 28.7 Å². The van der Waals surface area contributed by atoms with Crippen LogP contribution in [0.5, 0.6) is 0 Å². The van der Waals surface area contributed by atoms with E-state index in [1.165, 1.54) is 84.3 Å². The molecule has 1 atom stereocenters. The minimum atomic E-state index is 0.820. The second kappa shape index (κ2) is 8.23. The highest BCUT2D eigenvalue weighted by Crippen LogP contribution is 2.16. The van der Waals surface area contributed by atoms with E-state index >= 15 is 0 Å². The Morgan fingerprint density at radius 2 is 1.63 bits per heavy atom. The molecule has 3 heteroatoms. The number of nitrogens with zero attached hydrogens (tertiary/aromatic N) is 3. The normalized spacial score (nSPS) is 27.8. The van der Waals surface area contributed by atoms with E-state index in [4.69, 9.17) is 0 Å². The van der Waals surface area contributed by atoms with Gasteiger partial charge in [-0.3, -0.25) is 4.90 Å². The number of piperazine rings is 1. The van der Waals surface area contributed by atoms with E-state index in [9.17, 15) is 0 Å². The highest BCUT2D eigenvalue weighted by Gasteiger charge is 2.23. The molecule has 0 bridgehead atoms. The van der Waals surface area contributed by atoms with Gasteiger partial charge >= 0.3 is 0 Å². The topological polar surface area (TPSA) is 9.72 Å². The SMILES string of the molecule is CCCCCN1CCN(CC2CCCCN2C)CC1. The Morgan fingerprint density at radius 3 is 2.32 bits per heavy atom. The molecule has 1 unspecified atom stereocenters. The molecule has 0 aliphatic carbocycles. The number of hydrogen-bond acceptors (Lipinski definition) is 3. The van der Waals surface area contributed by atoms with Gasteiger partial charge in [0.05, 0.1) is 0 Å². The molecule has 2 rings (SSSR count). The van der Waals surface area contributed by atoms with Crippen LogP contribution in [0, 0.1) is 0 Å². The van der Waals surface area contributed by atoms with E-state index < -0.39 is 0 Å². The summed E-state index contributed by atoms with van der Waals surface area (Å²) in [5.41, 5.74) is 0. The molecule has 0 radical (unpaired) electrons. The molecule has 0 aromatic rings. The molecule has 0 N–H and O–H groups in total. The molecule has 2 heterocycles. The van der Waals surface area contributed by atoms with Crippen LogP contribution in [-0.2, 0) is 0 Å². The van der Waals surface area contributed by atoms with Gasteiger partial charge in [-0.1, -0.05) is 26.2 Å². The van der Waals surface area contributed by atoms with Gasteiger partial charge in [-0.05, 0) is 39.4 Å². The zero-order valence-corrected chi connectivity index (χ0v) is 13.1. The highest BCUT2D eigenvalue weighted by molar-refractivity contribution is 4.80. The summed E-state index contributed by atoms with van der Waals surface area (Å²) in [6.07, 6.45) is 8.38. The number of likely N-dealkylation sites (tertiary alicyclic amines) is 1. The third-order valence-electron chi connectivity index (χ3n) is 4.93. The van der Waals surface area contributed by atoms with Gasteiger partial charge in [0.15, 0.2) is 0 Å². The van der Waals surface area contributed by atoms with Gasteiger partial charge in [0.25, 0.3) is 0 Å². The monoisotopic (exact) mass is 267 g/mol. The number of piperidine rings is 1. The maximum absolute atomic E-state index is 2.70. The molecule has 0 aromatic heterocycles. The fourth-order valence-corrected chi connectivity index (χ4v) is 3.45. The van der Waals surface area contributed by atoms with Gasteiger partial charge in [-0.15, -0.1) is 0 Å². The molecule has 3 nitrogen and oxygen atoms in total. The number of rotatable bonds is 6. The first-order valence-corrected chi connectivity index (χ1v) is 8.44. The smallest absolute Gasteiger partial charge is 0.0220 e. The predicted octanol–water partition coefficient (Wildman–Crippen LogP) is 2.28. The van der Waals surface area contributed by atoms with Crippen LogP contribution in [0.15, 0.2) is 0 Å². The van der Waals surface area contributed by atoms with Gasteiger partial charge < -0.3 is 9.80 Å². The summed E-state index contributed by atoms with van der Waals surface area (Å²) in [5.74, 6) is 0. The Labute approximate surface area is 119 Å². The summed E-state index contributed by atoms with van der Waals surface area (Å²) in [7, 11) is 2.31. The van der Waals surface area contributed by atoms with Gasteiger partial charge in [0, 0.05) is 38.8 Å². The summed E-state index contributed by atoms with van der Waals surface area (Å²) in [4.78, 5) is 7.94. The van der Waals surface area contributed by atoms with Crippen LogP contribution in [0.4, 0.5) is 0 Å². The summed E-state index contributed by atoms with van der Waals surface area (Å²) in [5, 5.41) is 0. The molecule has 0 spiro atoms. The molecule has 19 heavy (non-hydrogen) atoms. The van der Waals surface area contributed by atoms with Crippen molar-refractivity contribution in [2.75, 3.05) is 52.9 Å². The molecule has 2 fully saturated rings. The molecule has 2 aliphatic rings. The lowest BCUT2D eigenvalue weighted by Crippen LogP contribution is -2.51. The van der Waals surface area contributed by atoms with Crippen molar-refractivity contribution >= 4 is 0 Å². The molecule has 112 valence electrons. The van der Waals surface area contributed by atoms with Gasteiger partial charge in [-0.2, -0.15) is 0 Å². The third kappa shape index (κ3) is 5.05. The van der Waals surface area contributed by atoms with Crippen LogP contribution in [0.3, 0.4) is 0 Å². The molecular formula is C16H33N3. The Bertz CT molecular complexity index is 236. The Hall–Kier alpha value is -0.120. The van der Waals surface area contributed by atoms with Crippen molar-refractivity contribution in [1.29, 1.82) is 0 Å². The molecule has 0 amide bonds. The van der Waals surface area contributed by atoms with Crippen molar-refractivity contribution in [3.63, 3.8) is 0 Å². The molecule has 2 aliphatic heterocycles. The van der Waals surface area contributed by atoms with Crippen LogP contribution in [-0.4, -0.2) is 73.6 Å². The summed E-state index contributed by atoms with van der Waals surface area (Å²) in [6.45, 7) is 11.4. The van der Waals surface area contributed by atoms with Gasteiger partial charge in [0.2, 0.25) is 0 Å². The van der Waals surface area contributed by atoms with Crippen molar-refractivity contribution in [2.45, 2.75) is 51.5 Å². The lowest BCUT2D eigenvalue weighted by molar-refractivity contribution is 0.0839. The lowest BCUT2D eigenvalue weighted by atomic mass is 10.0. The number of likely N-dealkylation sites (N-methyl/N-ethyl adjacent to an activating group) is 1. The van der Waals surface area contributed by atoms with Gasteiger partial charge in [-0.25, -0.2) is 0 Å². The summed E-state index contributed by atoms with van der Waals surface area (Å²) < 4.78 is 0. The van der Waals surface area contributed by atoms with Crippen molar-refractivity contribution in [2.24, 2.45) is 0 Å². The van der Waals surface area contributed by atoms with Crippen LogP contribution < -0.4 is 0 Å².